The minimum absolute atomic E-state index is 0.166. The molecule has 2 heterocycles. The molecule has 4 unspecified atom stereocenters. The van der Waals surface area contributed by atoms with Crippen molar-refractivity contribution >= 4 is 24.6 Å². The van der Waals surface area contributed by atoms with Crippen LogP contribution >= 0.6 is 24.6 Å². The molecule has 0 spiro atoms. The van der Waals surface area contributed by atoms with Crippen LogP contribution in [0, 0.1) is 0 Å². The molecular weight excluding hydrogens is 488 g/mol. The summed E-state index contributed by atoms with van der Waals surface area (Å²) in [7, 11) is 1.26. The Kier molecular flexibility index (Phi) is 12.8. The van der Waals surface area contributed by atoms with Gasteiger partial charge in [-0.2, -0.15) is 0 Å². The van der Waals surface area contributed by atoms with Gasteiger partial charge in [-0.05, 0) is 6.92 Å². The van der Waals surface area contributed by atoms with Crippen LogP contribution in [0.25, 0.3) is 0 Å². The Morgan fingerprint density at radius 3 is 1.91 bits per heavy atom. The van der Waals surface area contributed by atoms with Crippen molar-refractivity contribution in [3.8, 4) is 0 Å². The number of aliphatic hydroxyl groups is 4. The van der Waals surface area contributed by atoms with Crippen LogP contribution in [0.1, 0.15) is 6.92 Å². The molecule has 0 aromatic heterocycles. The van der Waals surface area contributed by atoms with E-state index < -0.39 is 74.4 Å². The molecule has 0 aromatic rings. The highest BCUT2D eigenvalue weighted by Gasteiger charge is 2.52. The maximum atomic E-state index is 10.8. The molecule has 0 aromatic carbocycles. The zero-order valence-electron chi connectivity index (χ0n) is 16.8. The van der Waals surface area contributed by atoms with Crippen LogP contribution in [0.15, 0.2) is 0 Å². The van der Waals surface area contributed by atoms with E-state index in [2.05, 4.69) is 18.7 Å². The highest BCUT2D eigenvalue weighted by molar-refractivity contribution is 7.89. The summed E-state index contributed by atoms with van der Waals surface area (Å²) in [5.41, 5.74) is 0. The smallest absolute Gasteiger partial charge is 0.198 e. The first kappa shape index (κ1) is 28.3. The molecule has 10 atom stereocenters. The maximum Gasteiger partial charge on any atom is 0.198 e. The van der Waals surface area contributed by atoms with E-state index >= 15 is 0 Å². The van der Waals surface area contributed by atoms with Crippen molar-refractivity contribution in [2.24, 2.45) is 0 Å². The highest BCUT2D eigenvalue weighted by atomic mass is 32.2. The minimum Gasteiger partial charge on any atom is -0.394 e. The van der Waals surface area contributed by atoms with E-state index in [4.69, 9.17) is 37.8 Å². The standard InChI is InChI=1S/C14H26O16S2/c1-5-10(25-31-29-27-19)9(18)11(7(4-16)22-5)24-14-13(26-32-30-28-20)12(21-2)8(17)6(3-15)23-14/h5-20H,3-4H2,1-2H3/t5-,6?,7?,8+,9?,10+,11+,12?,13-,14-/m0/s1. The highest BCUT2D eigenvalue weighted by Crippen LogP contribution is 2.34. The third kappa shape index (κ3) is 7.04. The molecule has 0 bridgehead atoms. The predicted octanol–water partition coefficient (Wildman–Crippen LogP) is -1.66. The molecule has 6 N–H and O–H groups in total. The first-order valence-electron chi connectivity index (χ1n) is 9.10. The number of methoxy groups -OCH3 is 1. The second kappa shape index (κ2) is 14.5. The largest absolute Gasteiger partial charge is 0.394 e. The molecule has 2 aliphatic heterocycles. The summed E-state index contributed by atoms with van der Waals surface area (Å²) in [5, 5.41) is 63.8. The van der Waals surface area contributed by atoms with E-state index in [0.29, 0.717) is 0 Å². The van der Waals surface area contributed by atoms with E-state index in [1.807, 2.05) is 0 Å². The van der Waals surface area contributed by atoms with Crippen LogP contribution in [0.5, 0.6) is 0 Å². The second-order valence-corrected chi connectivity index (χ2v) is 7.54. The van der Waals surface area contributed by atoms with Crippen LogP contribution in [-0.2, 0) is 46.1 Å². The molecule has 2 saturated heterocycles. The Bertz CT molecular complexity index is 521. The van der Waals surface area contributed by atoms with E-state index in [1.54, 1.807) is 6.92 Å². The fourth-order valence-electron chi connectivity index (χ4n) is 3.39. The van der Waals surface area contributed by atoms with E-state index in [9.17, 15) is 20.4 Å². The quantitative estimate of drug-likeness (QED) is 0.0702. The van der Waals surface area contributed by atoms with Gasteiger partial charge in [0, 0.05) is 7.11 Å². The molecule has 0 saturated carbocycles. The van der Waals surface area contributed by atoms with Crippen molar-refractivity contribution in [3.05, 3.63) is 0 Å². The summed E-state index contributed by atoms with van der Waals surface area (Å²) in [5.74, 6) is 0. The number of ether oxygens (including phenoxy) is 4. The molecule has 2 aliphatic rings. The summed E-state index contributed by atoms with van der Waals surface area (Å²) in [6, 6.07) is 0. The predicted molar refractivity (Wildman–Crippen MR) is 99.4 cm³/mol. The van der Waals surface area contributed by atoms with E-state index in [0.717, 1.165) is 0 Å². The van der Waals surface area contributed by atoms with Crippen LogP contribution in [-0.4, -0.2) is 112 Å². The lowest BCUT2D eigenvalue weighted by molar-refractivity contribution is -0.435. The molecule has 2 fully saturated rings. The zero-order valence-corrected chi connectivity index (χ0v) is 18.4. The monoisotopic (exact) mass is 514 g/mol. The van der Waals surface area contributed by atoms with Gasteiger partial charge in [0.1, 0.15) is 42.7 Å². The molecule has 18 heteroatoms. The molecule has 0 radical (unpaired) electrons. The van der Waals surface area contributed by atoms with Gasteiger partial charge in [0.2, 0.25) is 0 Å². The second-order valence-electron chi connectivity index (χ2n) is 6.61. The van der Waals surface area contributed by atoms with Crippen LogP contribution in [0.3, 0.4) is 0 Å². The first-order chi connectivity index (χ1) is 15.4. The van der Waals surface area contributed by atoms with Crippen LogP contribution in [0.4, 0.5) is 0 Å². The first-order valence-corrected chi connectivity index (χ1v) is 10.4. The van der Waals surface area contributed by atoms with Gasteiger partial charge in [-0.1, -0.05) is 10.1 Å². The fourth-order valence-corrected chi connectivity index (χ4v) is 4.16. The van der Waals surface area contributed by atoms with Crippen molar-refractivity contribution in [3.63, 3.8) is 0 Å². The normalized spacial score (nSPS) is 40.5. The fraction of sp³-hybridized carbons (Fsp3) is 1.00. The Morgan fingerprint density at radius 1 is 0.781 bits per heavy atom. The van der Waals surface area contributed by atoms with Gasteiger partial charge in [0.25, 0.3) is 0 Å². The summed E-state index contributed by atoms with van der Waals surface area (Å²) >= 11 is 0.383. The van der Waals surface area contributed by atoms with E-state index in [1.165, 1.54) is 7.11 Å². The number of aliphatic hydroxyl groups excluding tert-OH is 4. The Balaban J connectivity index is 2.21. The zero-order chi connectivity index (χ0) is 23.7. The lowest BCUT2D eigenvalue weighted by Crippen LogP contribution is -2.64. The molecule has 2 rings (SSSR count). The summed E-state index contributed by atoms with van der Waals surface area (Å²) in [4.78, 5) is 0. The summed E-state index contributed by atoms with van der Waals surface area (Å²) in [6.45, 7) is 0.385. The van der Waals surface area contributed by atoms with Crippen molar-refractivity contribution in [2.75, 3.05) is 20.3 Å². The average Bonchev–Trinajstić information content (AvgIpc) is 2.79. The number of hydrogen-bond acceptors (Lipinski definition) is 18. The summed E-state index contributed by atoms with van der Waals surface area (Å²) < 4.78 is 41.0. The van der Waals surface area contributed by atoms with Gasteiger partial charge in [-0.25, -0.2) is 10.5 Å². The van der Waals surface area contributed by atoms with Crippen molar-refractivity contribution in [1.29, 1.82) is 0 Å². The average molecular weight is 514 g/mol. The van der Waals surface area contributed by atoms with Gasteiger partial charge < -0.3 is 39.4 Å². The van der Waals surface area contributed by atoms with Crippen molar-refractivity contribution in [1.82, 2.24) is 0 Å². The Labute approximate surface area is 190 Å². The van der Waals surface area contributed by atoms with Gasteiger partial charge in [0.15, 0.2) is 37.0 Å². The lowest BCUT2D eigenvalue weighted by Gasteiger charge is -2.47. The lowest BCUT2D eigenvalue weighted by atomic mass is 9.95. The molecule has 32 heavy (non-hydrogen) atoms. The third-order valence-electron chi connectivity index (χ3n) is 4.85. The number of rotatable bonds is 13. The van der Waals surface area contributed by atoms with Crippen molar-refractivity contribution < 1.29 is 77.0 Å². The summed E-state index contributed by atoms with van der Waals surface area (Å²) in [6.07, 6.45) is -11.9. The van der Waals surface area contributed by atoms with Crippen molar-refractivity contribution in [2.45, 2.75) is 68.1 Å². The molecule has 0 amide bonds. The van der Waals surface area contributed by atoms with E-state index in [-0.39, 0.29) is 24.6 Å². The van der Waals surface area contributed by atoms with Gasteiger partial charge in [0.05, 0.1) is 19.3 Å². The van der Waals surface area contributed by atoms with Gasteiger partial charge in [-0.3, -0.25) is 8.37 Å². The van der Waals surface area contributed by atoms with Crippen LogP contribution < -0.4 is 0 Å². The minimum atomic E-state index is -1.43. The van der Waals surface area contributed by atoms with Gasteiger partial charge >= 0.3 is 0 Å². The Hall–Kier alpha value is 0.0600. The molecule has 190 valence electrons. The third-order valence-corrected chi connectivity index (χ3v) is 5.69. The molecule has 0 aliphatic carbocycles. The van der Waals surface area contributed by atoms with Crippen LogP contribution in [0.2, 0.25) is 0 Å². The van der Waals surface area contributed by atoms with Gasteiger partial charge in [-0.15, -0.1) is 8.67 Å². The molecule has 16 nitrogen and oxygen atoms in total. The number of hydrogen-bond donors (Lipinski definition) is 6. The molecular formula is C14H26O16S2. The topological polar surface area (TPSA) is 214 Å². The SMILES string of the molecule is COC1[C@H](O)C(CO)O[C@@H](O[C@@H]2C(CO)O[C@@H](C)[C@@H](OSOOO)C2O)[C@H]1OSOOO. The Morgan fingerprint density at radius 2 is 1.38 bits per heavy atom. The maximum absolute atomic E-state index is 10.8.